The molecule has 1 aliphatic rings. The molecule has 1 unspecified atom stereocenters. The summed E-state index contributed by atoms with van der Waals surface area (Å²) in [5, 5.41) is 8.91. The van der Waals surface area contributed by atoms with E-state index in [0.717, 1.165) is 0 Å². The first-order valence-electron chi connectivity index (χ1n) is 6.10. The van der Waals surface area contributed by atoms with E-state index in [1.807, 2.05) is 0 Å². The molecule has 1 aromatic carbocycles. The van der Waals surface area contributed by atoms with Crippen LogP contribution in [0.25, 0.3) is 0 Å². The fourth-order valence-electron chi connectivity index (χ4n) is 2.09. The number of hydrogen-bond acceptors (Lipinski definition) is 4. The summed E-state index contributed by atoms with van der Waals surface area (Å²) < 4.78 is 13.5. The molecular formula is C14H10N2O4S. The largest absolute Gasteiger partial charge is 0.477 e. The molecule has 2 aromatic rings. The zero-order valence-corrected chi connectivity index (χ0v) is 11.5. The summed E-state index contributed by atoms with van der Waals surface area (Å²) in [6, 6.07) is 11.2. The number of hydrogen-bond donors (Lipinski definition) is 1. The predicted molar refractivity (Wildman–Crippen MR) is 73.9 cm³/mol. The molecule has 0 bridgehead atoms. The summed E-state index contributed by atoms with van der Waals surface area (Å²) in [5.41, 5.74) is 0.678. The Morgan fingerprint density at radius 2 is 1.95 bits per heavy atom. The zero-order valence-electron chi connectivity index (χ0n) is 10.7. The van der Waals surface area contributed by atoms with Crippen LogP contribution in [0.4, 0.5) is 0 Å². The molecule has 0 saturated carbocycles. The van der Waals surface area contributed by atoms with Gasteiger partial charge in [-0.15, -0.1) is 0 Å². The highest BCUT2D eigenvalue weighted by Crippen LogP contribution is 2.27. The van der Waals surface area contributed by atoms with Gasteiger partial charge < -0.3 is 5.11 Å². The van der Waals surface area contributed by atoms with E-state index in [2.05, 4.69) is 4.98 Å². The summed E-state index contributed by atoms with van der Waals surface area (Å²) in [6.07, 6.45) is 0. The monoisotopic (exact) mass is 302 g/mol. The van der Waals surface area contributed by atoms with Crippen molar-refractivity contribution in [1.29, 1.82) is 0 Å². The lowest BCUT2D eigenvalue weighted by Crippen LogP contribution is -2.26. The van der Waals surface area contributed by atoms with Crippen molar-refractivity contribution in [2.24, 2.45) is 0 Å². The van der Waals surface area contributed by atoms with Gasteiger partial charge in [0.2, 0.25) is 0 Å². The van der Waals surface area contributed by atoms with E-state index in [9.17, 15) is 13.8 Å². The Labute approximate surface area is 122 Å². The Hall–Kier alpha value is -2.54. The van der Waals surface area contributed by atoms with Crippen molar-refractivity contribution in [3.05, 3.63) is 59.4 Å². The molecule has 1 amide bonds. The molecule has 21 heavy (non-hydrogen) atoms. The molecule has 2 heterocycles. The molecule has 106 valence electrons. The molecular weight excluding hydrogens is 292 g/mol. The number of pyridine rings is 1. The van der Waals surface area contributed by atoms with Gasteiger partial charge in [-0.05, 0) is 24.3 Å². The Morgan fingerprint density at radius 3 is 2.67 bits per heavy atom. The SMILES string of the molecule is O=C(O)c1cccc(CN2C(=O)c3ccccc3S2=O)n1. The second-order valence-corrected chi connectivity index (χ2v) is 5.79. The van der Waals surface area contributed by atoms with Crippen LogP contribution in [0, 0.1) is 0 Å². The lowest BCUT2D eigenvalue weighted by Gasteiger charge is -2.13. The lowest BCUT2D eigenvalue weighted by molar-refractivity contribution is 0.0690. The maximum atomic E-state index is 12.3. The van der Waals surface area contributed by atoms with Gasteiger partial charge >= 0.3 is 5.97 Å². The van der Waals surface area contributed by atoms with Gasteiger partial charge in [0, 0.05) is 0 Å². The molecule has 1 atom stereocenters. The number of aromatic nitrogens is 1. The van der Waals surface area contributed by atoms with Gasteiger partial charge in [-0.1, -0.05) is 18.2 Å². The maximum absolute atomic E-state index is 12.3. The van der Waals surface area contributed by atoms with Crippen LogP contribution in [-0.2, 0) is 17.5 Å². The third-order valence-corrected chi connectivity index (χ3v) is 4.49. The molecule has 3 rings (SSSR count). The fraction of sp³-hybridized carbons (Fsp3) is 0.0714. The highest BCUT2D eigenvalue weighted by atomic mass is 32.2. The summed E-state index contributed by atoms with van der Waals surface area (Å²) >= 11 is 0. The molecule has 1 aliphatic heterocycles. The second kappa shape index (κ2) is 5.10. The smallest absolute Gasteiger partial charge is 0.354 e. The number of aromatic carboxylic acids is 1. The van der Waals surface area contributed by atoms with Gasteiger partial charge in [-0.2, -0.15) is 0 Å². The van der Waals surface area contributed by atoms with Gasteiger partial charge in [0.05, 0.1) is 22.7 Å². The molecule has 0 radical (unpaired) electrons. The minimum absolute atomic E-state index is 0.00123. The first kappa shape index (κ1) is 13.4. The van der Waals surface area contributed by atoms with Crippen LogP contribution in [0.2, 0.25) is 0 Å². The number of carboxylic acids is 1. The van der Waals surface area contributed by atoms with E-state index < -0.39 is 17.0 Å². The van der Waals surface area contributed by atoms with Crippen molar-refractivity contribution in [3.8, 4) is 0 Å². The number of fused-ring (bicyclic) bond motifs is 1. The number of carbonyl (C=O) groups excluding carboxylic acids is 1. The van der Waals surface area contributed by atoms with E-state index in [4.69, 9.17) is 5.11 Å². The fourth-order valence-corrected chi connectivity index (χ4v) is 3.36. The first-order valence-corrected chi connectivity index (χ1v) is 7.20. The van der Waals surface area contributed by atoms with Crippen molar-refractivity contribution in [2.75, 3.05) is 0 Å². The van der Waals surface area contributed by atoms with Crippen LogP contribution < -0.4 is 0 Å². The predicted octanol–water partition coefficient (Wildman–Crippen LogP) is 1.46. The van der Waals surface area contributed by atoms with Gasteiger partial charge in [0.25, 0.3) is 5.91 Å². The number of amides is 1. The molecule has 7 heteroatoms. The highest BCUT2D eigenvalue weighted by Gasteiger charge is 2.34. The quantitative estimate of drug-likeness (QED) is 0.927. The van der Waals surface area contributed by atoms with Crippen LogP contribution in [0.1, 0.15) is 26.5 Å². The molecule has 1 aromatic heterocycles. The van der Waals surface area contributed by atoms with E-state index >= 15 is 0 Å². The van der Waals surface area contributed by atoms with Crippen LogP contribution in [0.15, 0.2) is 47.4 Å². The third kappa shape index (κ3) is 2.31. The topological polar surface area (TPSA) is 87.6 Å². The van der Waals surface area contributed by atoms with E-state index in [1.165, 1.54) is 10.4 Å². The summed E-state index contributed by atoms with van der Waals surface area (Å²) in [7, 11) is -1.59. The van der Waals surface area contributed by atoms with Crippen molar-refractivity contribution < 1.29 is 18.9 Å². The van der Waals surface area contributed by atoms with Crippen molar-refractivity contribution in [1.82, 2.24) is 9.29 Å². The number of rotatable bonds is 3. The molecule has 0 fully saturated rings. The number of benzene rings is 1. The van der Waals surface area contributed by atoms with Gasteiger partial charge in [0.15, 0.2) is 11.0 Å². The van der Waals surface area contributed by atoms with Crippen LogP contribution in [0.5, 0.6) is 0 Å². The molecule has 1 N–H and O–H groups in total. The normalized spacial score (nSPS) is 16.9. The Balaban J connectivity index is 1.90. The summed E-state index contributed by atoms with van der Waals surface area (Å²) in [6.45, 7) is 0.00123. The highest BCUT2D eigenvalue weighted by molar-refractivity contribution is 7.83. The zero-order chi connectivity index (χ0) is 15.0. The number of carboxylic acid groups (broad SMARTS) is 1. The Bertz CT molecular complexity index is 740. The van der Waals surface area contributed by atoms with Gasteiger partial charge in [-0.25, -0.2) is 18.3 Å². The number of carbonyl (C=O) groups is 2. The van der Waals surface area contributed by atoms with Gasteiger partial charge in [0.1, 0.15) is 5.69 Å². The minimum Gasteiger partial charge on any atom is -0.477 e. The van der Waals surface area contributed by atoms with Gasteiger partial charge in [-0.3, -0.25) is 4.79 Å². The molecule has 0 spiro atoms. The van der Waals surface area contributed by atoms with Crippen LogP contribution >= 0.6 is 0 Å². The Morgan fingerprint density at radius 1 is 1.19 bits per heavy atom. The Kier molecular flexibility index (Phi) is 3.26. The first-order chi connectivity index (χ1) is 10.1. The average Bonchev–Trinajstić information content (AvgIpc) is 2.73. The van der Waals surface area contributed by atoms with Crippen molar-refractivity contribution in [3.63, 3.8) is 0 Å². The standard InChI is InChI=1S/C14H10N2O4S/c17-13-10-5-1-2-7-12(10)21(20)16(13)8-9-4-3-6-11(15-9)14(18)19/h1-7H,8H2,(H,18,19). The minimum atomic E-state index is -1.59. The summed E-state index contributed by atoms with van der Waals surface area (Å²) in [5.74, 6) is -1.49. The maximum Gasteiger partial charge on any atom is 0.354 e. The third-order valence-electron chi connectivity index (χ3n) is 3.06. The van der Waals surface area contributed by atoms with E-state index in [1.54, 1.807) is 36.4 Å². The number of nitrogens with zero attached hydrogens (tertiary/aromatic N) is 2. The second-order valence-electron chi connectivity index (χ2n) is 4.41. The molecule has 0 saturated heterocycles. The lowest BCUT2D eigenvalue weighted by atomic mass is 10.2. The van der Waals surface area contributed by atoms with Crippen molar-refractivity contribution >= 4 is 22.9 Å². The van der Waals surface area contributed by atoms with E-state index in [0.29, 0.717) is 16.2 Å². The van der Waals surface area contributed by atoms with E-state index in [-0.39, 0.29) is 18.1 Å². The average molecular weight is 302 g/mol. The van der Waals surface area contributed by atoms with Crippen LogP contribution in [0.3, 0.4) is 0 Å². The molecule has 6 nitrogen and oxygen atoms in total. The molecule has 0 aliphatic carbocycles. The van der Waals surface area contributed by atoms with Crippen LogP contribution in [-0.4, -0.2) is 30.5 Å². The van der Waals surface area contributed by atoms with Crippen molar-refractivity contribution in [2.45, 2.75) is 11.4 Å². The summed E-state index contributed by atoms with van der Waals surface area (Å²) in [4.78, 5) is 27.5.